The molecule has 1 N–H and O–H groups in total. The maximum atomic E-state index is 6.95. The van der Waals surface area contributed by atoms with Crippen LogP contribution in [0.3, 0.4) is 0 Å². The standard InChI is InChI=1S/C29H31ClN6S2/c1-18-9-13-34(14-10-18)25-8-7-21(17-23(25)30)36-27(26(33-28(36)37)24-6-4-5-11-31-24)22-16-19(2)35(20(22)3)29-32-12-15-38-29/h4-8,11-12,15-18,26-27H,9-10,13-14H2,1-3H3,(H,33,37)/t26-,27+/m1/s1. The van der Waals surface area contributed by atoms with Crippen molar-refractivity contribution in [3.8, 4) is 5.13 Å². The summed E-state index contributed by atoms with van der Waals surface area (Å²) < 4.78 is 2.22. The molecule has 5 heterocycles. The highest BCUT2D eigenvalue weighted by molar-refractivity contribution is 7.80. The summed E-state index contributed by atoms with van der Waals surface area (Å²) >= 11 is 14.5. The second kappa shape index (κ2) is 10.3. The summed E-state index contributed by atoms with van der Waals surface area (Å²) in [5.74, 6) is 0.769. The predicted octanol–water partition coefficient (Wildman–Crippen LogP) is 7.01. The summed E-state index contributed by atoms with van der Waals surface area (Å²) in [6, 6.07) is 14.4. The molecule has 0 radical (unpaired) electrons. The SMILES string of the molecule is Cc1cc([C@H]2[C@@H](c3ccccn3)NC(=S)N2c2ccc(N3CCC(C)CC3)c(Cl)c2)c(C)n1-c1nccs1. The molecule has 0 unspecified atom stereocenters. The maximum absolute atomic E-state index is 6.95. The number of halogens is 1. The van der Waals surface area contributed by atoms with Gasteiger partial charge in [-0.25, -0.2) is 4.98 Å². The molecule has 6 rings (SSSR count). The smallest absolute Gasteiger partial charge is 0.193 e. The van der Waals surface area contributed by atoms with Crippen LogP contribution in [0.1, 0.15) is 54.5 Å². The van der Waals surface area contributed by atoms with Gasteiger partial charge in [0.05, 0.1) is 28.5 Å². The van der Waals surface area contributed by atoms with Crippen molar-refractivity contribution >= 4 is 51.6 Å². The monoisotopic (exact) mass is 562 g/mol. The lowest BCUT2D eigenvalue weighted by molar-refractivity contribution is 0.438. The number of pyridine rings is 1. The van der Waals surface area contributed by atoms with E-state index in [-0.39, 0.29) is 12.1 Å². The molecule has 0 amide bonds. The highest BCUT2D eigenvalue weighted by Crippen LogP contribution is 2.45. The van der Waals surface area contributed by atoms with E-state index in [1.165, 1.54) is 18.4 Å². The number of piperidine rings is 1. The minimum absolute atomic E-state index is 0.102. The number of hydrogen-bond donors (Lipinski definition) is 1. The van der Waals surface area contributed by atoms with Crippen molar-refractivity contribution in [2.45, 2.75) is 45.7 Å². The van der Waals surface area contributed by atoms with Crippen LogP contribution in [-0.4, -0.2) is 32.7 Å². The van der Waals surface area contributed by atoms with Crippen LogP contribution in [0.5, 0.6) is 0 Å². The van der Waals surface area contributed by atoms with Gasteiger partial charge in [-0.2, -0.15) is 0 Å². The fourth-order valence-corrected chi connectivity index (χ4v) is 7.20. The average molecular weight is 563 g/mol. The number of thiocarbonyl (C=S) groups is 1. The Kier molecular flexibility index (Phi) is 6.88. The van der Waals surface area contributed by atoms with Crippen LogP contribution in [0.4, 0.5) is 11.4 Å². The Bertz CT molecular complexity index is 1440. The Hall–Kier alpha value is -2.94. The highest BCUT2D eigenvalue weighted by Gasteiger charge is 2.42. The Balaban J connectivity index is 1.43. The van der Waals surface area contributed by atoms with E-state index in [0.717, 1.165) is 57.6 Å². The summed E-state index contributed by atoms with van der Waals surface area (Å²) in [6.45, 7) is 8.69. The largest absolute Gasteiger partial charge is 0.370 e. The predicted molar refractivity (Wildman–Crippen MR) is 161 cm³/mol. The van der Waals surface area contributed by atoms with Gasteiger partial charge in [-0.15, -0.1) is 11.3 Å². The third-order valence-electron chi connectivity index (χ3n) is 7.83. The van der Waals surface area contributed by atoms with Gasteiger partial charge in [0.15, 0.2) is 10.2 Å². The molecule has 38 heavy (non-hydrogen) atoms. The molecule has 3 aromatic heterocycles. The summed E-state index contributed by atoms with van der Waals surface area (Å²) in [5, 5.41) is 7.98. The van der Waals surface area contributed by atoms with E-state index in [1.54, 1.807) is 11.3 Å². The zero-order valence-electron chi connectivity index (χ0n) is 21.8. The molecular formula is C29H31ClN6S2. The van der Waals surface area contributed by atoms with Crippen molar-refractivity contribution in [1.29, 1.82) is 0 Å². The van der Waals surface area contributed by atoms with Gasteiger partial charge in [0.25, 0.3) is 0 Å². The van der Waals surface area contributed by atoms with Gasteiger partial charge in [0.1, 0.15) is 0 Å². The normalized spacial score (nSPS) is 20.3. The third kappa shape index (κ3) is 4.48. The van der Waals surface area contributed by atoms with E-state index >= 15 is 0 Å². The van der Waals surface area contributed by atoms with E-state index < -0.39 is 0 Å². The molecule has 0 saturated carbocycles. The minimum atomic E-state index is -0.115. The van der Waals surface area contributed by atoms with Crippen molar-refractivity contribution < 1.29 is 0 Å². The first-order chi connectivity index (χ1) is 18.4. The third-order valence-corrected chi connectivity index (χ3v) is 9.21. The summed E-state index contributed by atoms with van der Waals surface area (Å²) in [4.78, 5) is 13.9. The van der Waals surface area contributed by atoms with Crippen LogP contribution in [-0.2, 0) is 0 Å². The molecule has 196 valence electrons. The van der Waals surface area contributed by atoms with Gasteiger partial charge < -0.3 is 15.1 Å². The number of benzene rings is 1. The van der Waals surface area contributed by atoms with Crippen LogP contribution < -0.4 is 15.1 Å². The quantitative estimate of drug-likeness (QED) is 0.264. The van der Waals surface area contributed by atoms with Crippen molar-refractivity contribution in [2.24, 2.45) is 5.92 Å². The molecule has 1 aromatic carbocycles. The van der Waals surface area contributed by atoms with E-state index in [4.69, 9.17) is 28.8 Å². The Morgan fingerprint density at radius 2 is 1.87 bits per heavy atom. The van der Waals surface area contributed by atoms with E-state index in [2.05, 4.69) is 75.8 Å². The lowest BCUT2D eigenvalue weighted by Gasteiger charge is -2.33. The molecule has 2 aliphatic rings. The average Bonchev–Trinajstić information content (AvgIpc) is 3.63. The molecule has 0 bridgehead atoms. The number of thiazole rings is 1. The van der Waals surface area contributed by atoms with Gasteiger partial charge in [-0.3, -0.25) is 9.55 Å². The zero-order valence-corrected chi connectivity index (χ0v) is 24.2. The molecule has 2 saturated heterocycles. The first kappa shape index (κ1) is 25.3. The van der Waals surface area contributed by atoms with Gasteiger partial charge in [-0.05, 0) is 86.8 Å². The second-order valence-electron chi connectivity index (χ2n) is 10.3. The van der Waals surface area contributed by atoms with Crippen LogP contribution >= 0.6 is 35.2 Å². The number of aryl methyl sites for hydroxylation is 1. The summed E-state index contributed by atoms with van der Waals surface area (Å²) in [5.41, 5.74) is 6.49. The summed E-state index contributed by atoms with van der Waals surface area (Å²) in [6.07, 6.45) is 6.08. The number of nitrogens with one attached hydrogen (secondary N) is 1. The van der Waals surface area contributed by atoms with E-state index in [9.17, 15) is 0 Å². The molecule has 0 aliphatic carbocycles. The zero-order chi connectivity index (χ0) is 26.4. The molecule has 9 heteroatoms. The molecule has 2 aliphatic heterocycles. The Morgan fingerprint density at radius 3 is 2.55 bits per heavy atom. The van der Waals surface area contributed by atoms with Crippen molar-refractivity contribution in [2.75, 3.05) is 22.9 Å². The Labute approximate surface area is 238 Å². The number of anilines is 2. The number of rotatable bonds is 5. The van der Waals surface area contributed by atoms with Crippen molar-refractivity contribution in [3.63, 3.8) is 0 Å². The molecule has 0 spiro atoms. The Morgan fingerprint density at radius 1 is 1.05 bits per heavy atom. The molecular weight excluding hydrogens is 532 g/mol. The molecule has 2 atom stereocenters. The van der Waals surface area contributed by atoms with Crippen molar-refractivity contribution in [3.05, 3.63) is 87.9 Å². The van der Waals surface area contributed by atoms with Gasteiger partial charge in [-0.1, -0.05) is 24.6 Å². The lowest BCUT2D eigenvalue weighted by atomic mass is 9.96. The van der Waals surface area contributed by atoms with Crippen LogP contribution in [0, 0.1) is 19.8 Å². The van der Waals surface area contributed by atoms with Crippen LogP contribution in [0.25, 0.3) is 5.13 Å². The number of aromatic nitrogens is 3. The highest BCUT2D eigenvalue weighted by atomic mass is 35.5. The topological polar surface area (TPSA) is 49.2 Å². The van der Waals surface area contributed by atoms with E-state index in [1.807, 2.05) is 29.9 Å². The van der Waals surface area contributed by atoms with Gasteiger partial charge in [0.2, 0.25) is 0 Å². The van der Waals surface area contributed by atoms with Crippen LogP contribution in [0.15, 0.2) is 60.2 Å². The fraction of sp³-hybridized carbons (Fsp3) is 0.345. The molecule has 4 aromatic rings. The first-order valence-corrected chi connectivity index (χ1v) is 14.7. The van der Waals surface area contributed by atoms with E-state index in [0.29, 0.717) is 5.11 Å². The maximum Gasteiger partial charge on any atom is 0.193 e. The number of hydrogen-bond acceptors (Lipinski definition) is 5. The lowest BCUT2D eigenvalue weighted by Crippen LogP contribution is -2.33. The fourth-order valence-electron chi connectivity index (χ4n) is 5.81. The van der Waals surface area contributed by atoms with Gasteiger partial charge in [0, 0.05) is 47.9 Å². The molecule has 6 nitrogen and oxygen atoms in total. The minimum Gasteiger partial charge on any atom is -0.370 e. The van der Waals surface area contributed by atoms with Crippen molar-refractivity contribution in [1.82, 2.24) is 19.9 Å². The van der Waals surface area contributed by atoms with Gasteiger partial charge >= 0.3 is 0 Å². The second-order valence-corrected chi connectivity index (χ2v) is 11.9. The number of nitrogens with zero attached hydrogens (tertiary/aromatic N) is 5. The summed E-state index contributed by atoms with van der Waals surface area (Å²) in [7, 11) is 0. The molecule has 2 fully saturated rings. The first-order valence-electron chi connectivity index (χ1n) is 13.1. The van der Waals surface area contributed by atoms with Crippen LogP contribution in [0.2, 0.25) is 5.02 Å².